The van der Waals surface area contributed by atoms with Gasteiger partial charge in [0.15, 0.2) is 27.6 Å². The molecule has 0 radical (unpaired) electrons. The summed E-state index contributed by atoms with van der Waals surface area (Å²) in [5, 5.41) is 0. The molecule has 0 amide bonds. The third-order valence-electron chi connectivity index (χ3n) is 3.39. The van der Waals surface area contributed by atoms with Gasteiger partial charge in [0, 0.05) is 0 Å². The predicted octanol–water partition coefficient (Wildman–Crippen LogP) is 3.41. The Morgan fingerprint density at radius 3 is 2.28 bits per heavy atom. The third-order valence-corrected chi connectivity index (χ3v) is 3.82. The van der Waals surface area contributed by atoms with Crippen LogP contribution >= 0.6 is 15.9 Å². The molecule has 1 aliphatic heterocycles. The SMILES string of the molecule is COc1cc(C=C2N=C(c3ccc(Br)o3)OC2=O)cc(OC)c1OC. The Balaban J connectivity index is 2.00. The molecule has 0 saturated carbocycles. The molecular formula is C17H14BrNO6. The first-order valence-corrected chi connectivity index (χ1v) is 7.93. The summed E-state index contributed by atoms with van der Waals surface area (Å²) in [6, 6.07) is 6.75. The Bertz CT molecular complexity index is 858. The molecule has 1 aromatic heterocycles. The van der Waals surface area contributed by atoms with E-state index in [1.54, 1.807) is 30.3 Å². The molecule has 0 saturated heterocycles. The van der Waals surface area contributed by atoms with E-state index in [-0.39, 0.29) is 11.6 Å². The van der Waals surface area contributed by atoms with Crippen LogP contribution in [0.1, 0.15) is 11.3 Å². The van der Waals surface area contributed by atoms with Gasteiger partial charge in [-0.3, -0.25) is 0 Å². The number of nitrogens with zero attached hydrogens (tertiary/aromatic N) is 1. The lowest BCUT2D eigenvalue weighted by Crippen LogP contribution is -2.04. The van der Waals surface area contributed by atoms with Crippen molar-refractivity contribution in [3.05, 3.63) is 46.0 Å². The molecule has 1 aromatic carbocycles. The van der Waals surface area contributed by atoms with Gasteiger partial charge in [-0.1, -0.05) is 0 Å². The van der Waals surface area contributed by atoms with E-state index < -0.39 is 5.97 Å². The van der Waals surface area contributed by atoms with Crippen LogP contribution in [0.5, 0.6) is 17.2 Å². The smallest absolute Gasteiger partial charge is 0.363 e. The summed E-state index contributed by atoms with van der Waals surface area (Å²) < 4.78 is 26.9. The van der Waals surface area contributed by atoms with Crippen LogP contribution in [0.15, 0.2) is 44.0 Å². The van der Waals surface area contributed by atoms with Gasteiger partial charge in [0.1, 0.15) is 0 Å². The van der Waals surface area contributed by atoms with Crippen molar-refractivity contribution in [2.24, 2.45) is 4.99 Å². The fraction of sp³-hybridized carbons (Fsp3) is 0.176. The number of rotatable bonds is 5. The maximum absolute atomic E-state index is 12.1. The monoisotopic (exact) mass is 407 g/mol. The molecular weight excluding hydrogens is 394 g/mol. The van der Waals surface area contributed by atoms with Crippen LogP contribution in [-0.4, -0.2) is 33.2 Å². The number of esters is 1. The number of methoxy groups -OCH3 is 3. The molecule has 3 rings (SSSR count). The first-order chi connectivity index (χ1) is 12.0. The summed E-state index contributed by atoms with van der Waals surface area (Å²) in [7, 11) is 4.55. The minimum Gasteiger partial charge on any atom is -0.493 e. The molecule has 2 heterocycles. The summed E-state index contributed by atoms with van der Waals surface area (Å²) >= 11 is 3.19. The van der Waals surface area contributed by atoms with Crippen LogP contribution in [0, 0.1) is 0 Å². The maximum Gasteiger partial charge on any atom is 0.363 e. The summed E-state index contributed by atoms with van der Waals surface area (Å²) in [5.41, 5.74) is 0.781. The van der Waals surface area contributed by atoms with E-state index in [1.165, 1.54) is 21.3 Å². The molecule has 25 heavy (non-hydrogen) atoms. The van der Waals surface area contributed by atoms with E-state index in [1.807, 2.05) is 0 Å². The van der Waals surface area contributed by atoms with Crippen molar-refractivity contribution < 1.29 is 28.2 Å². The van der Waals surface area contributed by atoms with Crippen molar-refractivity contribution in [3.63, 3.8) is 0 Å². The lowest BCUT2D eigenvalue weighted by Gasteiger charge is -2.12. The quantitative estimate of drug-likeness (QED) is 0.557. The molecule has 8 heteroatoms. The van der Waals surface area contributed by atoms with E-state index in [0.717, 1.165) is 0 Å². The van der Waals surface area contributed by atoms with E-state index in [2.05, 4.69) is 20.9 Å². The van der Waals surface area contributed by atoms with Crippen molar-refractivity contribution in [1.82, 2.24) is 0 Å². The first kappa shape index (κ1) is 17.1. The molecule has 0 aliphatic carbocycles. The number of carbonyl (C=O) groups is 1. The Kier molecular flexibility index (Phi) is 4.80. The lowest BCUT2D eigenvalue weighted by atomic mass is 10.1. The number of carbonyl (C=O) groups excluding carboxylic acids is 1. The number of aliphatic imine (C=N–C) groups is 1. The molecule has 130 valence electrons. The minimum absolute atomic E-state index is 0.106. The fourth-order valence-corrected chi connectivity index (χ4v) is 2.59. The molecule has 0 unspecified atom stereocenters. The maximum atomic E-state index is 12.1. The van der Waals surface area contributed by atoms with Gasteiger partial charge in [-0.2, -0.15) is 0 Å². The highest BCUT2D eigenvalue weighted by atomic mass is 79.9. The normalized spacial score (nSPS) is 15.1. The van der Waals surface area contributed by atoms with Crippen LogP contribution in [-0.2, 0) is 9.53 Å². The molecule has 0 N–H and O–H groups in total. The van der Waals surface area contributed by atoms with Crippen molar-refractivity contribution in [2.75, 3.05) is 21.3 Å². The lowest BCUT2D eigenvalue weighted by molar-refractivity contribution is -0.130. The first-order valence-electron chi connectivity index (χ1n) is 7.14. The topological polar surface area (TPSA) is 79.5 Å². The Labute approximate surface area is 152 Å². The largest absolute Gasteiger partial charge is 0.493 e. The molecule has 0 spiro atoms. The van der Waals surface area contributed by atoms with Gasteiger partial charge < -0.3 is 23.4 Å². The average molecular weight is 408 g/mol. The van der Waals surface area contributed by atoms with Crippen molar-refractivity contribution in [3.8, 4) is 17.2 Å². The standard InChI is InChI=1S/C17H14BrNO6/c1-21-12-7-9(8-13(22-2)15(12)23-3)6-10-17(20)25-16(19-10)11-4-5-14(18)24-11/h4-8H,1-3H3. The van der Waals surface area contributed by atoms with Crippen molar-refractivity contribution in [2.45, 2.75) is 0 Å². The average Bonchev–Trinajstić information content (AvgIpc) is 3.20. The molecule has 0 fully saturated rings. The van der Waals surface area contributed by atoms with E-state index >= 15 is 0 Å². The minimum atomic E-state index is -0.573. The fourth-order valence-electron chi connectivity index (χ4n) is 2.29. The summed E-state index contributed by atoms with van der Waals surface area (Å²) in [4.78, 5) is 16.2. The van der Waals surface area contributed by atoms with Gasteiger partial charge in [0.2, 0.25) is 5.75 Å². The molecule has 1 aliphatic rings. The summed E-state index contributed by atoms with van der Waals surface area (Å²) in [6.07, 6.45) is 1.57. The number of hydrogen-bond acceptors (Lipinski definition) is 7. The molecule has 0 bridgehead atoms. The Morgan fingerprint density at radius 1 is 1.08 bits per heavy atom. The number of benzene rings is 1. The van der Waals surface area contributed by atoms with Crippen LogP contribution < -0.4 is 14.2 Å². The van der Waals surface area contributed by atoms with Gasteiger partial charge in [0.05, 0.1) is 21.3 Å². The number of furan rings is 1. The van der Waals surface area contributed by atoms with Crippen LogP contribution in [0.25, 0.3) is 6.08 Å². The van der Waals surface area contributed by atoms with Crippen LogP contribution in [0.2, 0.25) is 0 Å². The van der Waals surface area contributed by atoms with Crippen molar-refractivity contribution >= 4 is 33.9 Å². The van der Waals surface area contributed by atoms with Crippen molar-refractivity contribution in [1.29, 1.82) is 0 Å². The van der Waals surface area contributed by atoms with E-state index in [4.69, 9.17) is 23.4 Å². The molecule has 7 nitrogen and oxygen atoms in total. The zero-order chi connectivity index (χ0) is 18.0. The molecule has 2 aromatic rings. The predicted molar refractivity (Wildman–Crippen MR) is 93.1 cm³/mol. The number of ether oxygens (including phenoxy) is 4. The molecule has 0 atom stereocenters. The van der Waals surface area contributed by atoms with Gasteiger partial charge in [-0.15, -0.1) is 0 Å². The second-order valence-electron chi connectivity index (χ2n) is 4.90. The Morgan fingerprint density at radius 2 is 1.76 bits per heavy atom. The second kappa shape index (κ2) is 7.02. The van der Waals surface area contributed by atoms with Gasteiger partial charge in [0.25, 0.3) is 5.90 Å². The van der Waals surface area contributed by atoms with Gasteiger partial charge in [-0.05, 0) is 51.8 Å². The van der Waals surface area contributed by atoms with Gasteiger partial charge >= 0.3 is 5.97 Å². The highest BCUT2D eigenvalue weighted by Gasteiger charge is 2.26. The van der Waals surface area contributed by atoms with Gasteiger partial charge in [-0.25, -0.2) is 9.79 Å². The highest BCUT2D eigenvalue weighted by molar-refractivity contribution is 9.10. The summed E-state index contributed by atoms with van der Waals surface area (Å²) in [5.74, 6) is 1.29. The highest BCUT2D eigenvalue weighted by Crippen LogP contribution is 2.39. The zero-order valence-corrected chi connectivity index (χ0v) is 15.2. The van der Waals surface area contributed by atoms with Crippen LogP contribution in [0.4, 0.5) is 0 Å². The number of hydrogen-bond donors (Lipinski definition) is 0. The van der Waals surface area contributed by atoms with E-state index in [9.17, 15) is 4.79 Å². The summed E-state index contributed by atoms with van der Waals surface area (Å²) in [6.45, 7) is 0. The van der Waals surface area contributed by atoms with E-state index in [0.29, 0.717) is 33.2 Å². The number of halogens is 1. The second-order valence-corrected chi connectivity index (χ2v) is 5.68. The third kappa shape index (κ3) is 3.39. The Hall–Kier alpha value is -2.74. The zero-order valence-electron chi connectivity index (χ0n) is 13.7. The number of cyclic esters (lactones) is 1. The van der Waals surface area contributed by atoms with Crippen LogP contribution in [0.3, 0.4) is 0 Å².